The van der Waals surface area contributed by atoms with Gasteiger partial charge in [-0.3, -0.25) is 0 Å². The van der Waals surface area contributed by atoms with Gasteiger partial charge in [-0.15, -0.1) is 0 Å². The molecule has 0 aromatic heterocycles. The van der Waals surface area contributed by atoms with Crippen molar-refractivity contribution in [2.45, 2.75) is 132 Å². The van der Waals surface area contributed by atoms with Gasteiger partial charge in [-0.05, 0) is 80.5 Å². The Hall–Kier alpha value is 0.520. The van der Waals surface area contributed by atoms with Gasteiger partial charge in [0.1, 0.15) is 18.5 Å². The molecule has 0 radical (unpaired) electrons. The average molecular weight is 553 g/mol. The molecule has 4 rings (SSSR count). The highest BCUT2D eigenvalue weighted by atomic mass is 127. The van der Waals surface area contributed by atoms with Gasteiger partial charge in [-0.2, -0.15) is 0 Å². The van der Waals surface area contributed by atoms with Crippen molar-refractivity contribution >= 4 is 22.6 Å². The molecule has 0 saturated heterocycles. The maximum atomic E-state index is 15.2. The van der Waals surface area contributed by atoms with Gasteiger partial charge in [0, 0.05) is 3.92 Å². The van der Waals surface area contributed by atoms with Gasteiger partial charge in [0.05, 0.1) is 0 Å². The minimum absolute atomic E-state index is 0.00549. The second-order valence-corrected chi connectivity index (χ2v) is 13.2. The molecule has 0 amide bonds. The highest BCUT2D eigenvalue weighted by Crippen LogP contribution is 2.48. The first-order valence-electron chi connectivity index (χ1n) is 13.6. The number of hydrogen-bond acceptors (Lipinski definition) is 0. The maximum absolute atomic E-state index is 15.2. The summed E-state index contributed by atoms with van der Waals surface area (Å²) in [6, 6.07) is 0. The summed E-state index contributed by atoms with van der Waals surface area (Å²) in [5, 5.41) is 0. The molecule has 6 unspecified atom stereocenters. The summed E-state index contributed by atoms with van der Waals surface area (Å²) < 4.78 is 44.5. The van der Waals surface area contributed by atoms with Crippen LogP contribution in [0.25, 0.3) is 0 Å². The molecule has 0 spiro atoms. The van der Waals surface area contributed by atoms with Gasteiger partial charge in [0.15, 0.2) is 0 Å². The minimum atomic E-state index is -1.22. The van der Waals surface area contributed by atoms with E-state index in [-0.39, 0.29) is 15.8 Å². The van der Waals surface area contributed by atoms with Crippen molar-refractivity contribution in [3.63, 3.8) is 0 Å². The van der Waals surface area contributed by atoms with Gasteiger partial charge >= 0.3 is 0 Å². The van der Waals surface area contributed by atoms with E-state index in [1.54, 1.807) is 0 Å². The lowest BCUT2D eigenvalue weighted by molar-refractivity contribution is -0.0348. The van der Waals surface area contributed by atoms with Crippen molar-refractivity contribution in [1.29, 1.82) is 0 Å². The Balaban J connectivity index is 1.16. The van der Waals surface area contributed by atoms with Crippen LogP contribution in [-0.4, -0.2) is 22.4 Å². The molecular weight excluding hydrogens is 508 g/mol. The molecule has 180 valence electrons. The Labute approximate surface area is 202 Å². The van der Waals surface area contributed by atoms with Crippen molar-refractivity contribution < 1.29 is 13.2 Å². The predicted octanol–water partition coefficient (Wildman–Crippen LogP) is 9.19. The van der Waals surface area contributed by atoms with Crippen LogP contribution >= 0.6 is 22.6 Å². The van der Waals surface area contributed by atoms with E-state index in [0.717, 1.165) is 57.3 Å². The molecule has 31 heavy (non-hydrogen) atoms. The fourth-order valence-corrected chi connectivity index (χ4v) is 8.40. The summed E-state index contributed by atoms with van der Waals surface area (Å²) in [4.78, 5) is 0. The van der Waals surface area contributed by atoms with E-state index in [1.165, 1.54) is 57.8 Å². The third-order valence-electron chi connectivity index (χ3n) is 9.73. The first-order valence-corrected chi connectivity index (χ1v) is 14.8. The van der Waals surface area contributed by atoms with Gasteiger partial charge in [0.2, 0.25) is 0 Å². The molecule has 4 aliphatic carbocycles. The molecule has 4 heteroatoms. The molecular formula is C27H44F3I. The Bertz CT molecular complexity index is 529. The highest BCUT2D eigenvalue weighted by Gasteiger charge is 2.46. The maximum Gasteiger partial charge on any atom is 0.134 e. The Morgan fingerprint density at radius 3 is 1.74 bits per heavy atom. The second-order valence-electron chi connectivity index (χ2n) is 11.6. The van der Waals surface area contributed by atoms with Crippen LogP contribution in [-0.2, 0) is 0 Å². The van der Waals surface area contributed by atoms with Crippen LogP contribution in [0.4, 0.5) is 13.2 Å². The van der Waals surface area contributed by atoms with Crippen LogP contribution in [0.2, 0.25) is 0 Å². The number of rotatable bonds is 6. The van der Waals surface area contributed by atoms with E-state index in [2.05, 4.69) is 22.6 Å². The van der Waals surface area contributed by atoms with Crippen molar-refractivity contribution in [2.75, 3.05) is 0 Å². The van der Waals surface area contributed by atoms with E-state index in [4.69, 9.17) is 0 Å². The first kappa shape index (κ1) is 24.6. The van der Waals surface area contributed by atoms with Crippen molar-refractivity contribution in [1.82, 2.24) is 0 Å². The van der Waals surface area contributed by atoms with Gasteiger partial charge in [-0.25, -0.2) is 13.2 Å². The van der Waals surface area contributed by atoms with Crippen LogP contribution in [0.3, 0.4) is 0 Å². The van der Waals surface area contributed by atoms with E-state index in [0.29, 0.717) is 17.8 Å². The first-order chi connectivity index (χ1) is 15.0. The fraction of sp³-hybridized carbons (Fsp3) is 1.00. The van der Waals surface area contributed by atoms with Gasteiger partial charge in [-0.1, -0.05) is 86.8 Å². The molecule has 7 atom stereocenters. The third kappa shape index (κ3) is 6.35. The summed E-state index contributed by atoms with van der Waals surface area (Å²) in [5.41, 5.74) is 0. The summed E-state index contributed by atoms with van der Waals surface area (Å²) in [7, 11) is 0. The fourth-order valence-electron chi connectivity index (χ4n) is 7.75. The van der Waals surface area contributed by atoms with Crippen molar-refractivity contribution in [3.8, 4) is 0 Å². The van der Waals surface area contributed by atoms with Crippen molar-refractivity contribution in [3.05, 3.63) is 0 Å². The molecule has 4 aliphatic rings. The Kier molecular flexibility index (Phi) is 9.36. The normalized spacial score (nSPS) is 45.5. The minimum Gasteiger partial charge on any atom is -0.246 e. The quantitative estimate of drug-likeness (QED) is 0.228. The zero-order chi connectivity index (χ0) is 21.8. The molecule has 0 aromatic carbocycles. The molecule has 0 N–H and O–H groups in total. The summed E-state index contributed by atoms with van der Waals surface area (Å²) in [6.45, 7) is 0. The lowest BCUT2D eigenvalue weighted by Crippen LogP contribution is -2.44. The van der Waals surface area contributed by atoms with E-state index in [1.807, 2.05) is 0 Å². The lowest BCUT2D eigenvalue weighted by Gasteiger charge is -2.44. The third-order valence-corrected chi connectivity index (χ3v) is 11.1. The van der Waals surface area contributed by atoms with Gasteiger partial charge in [0.25, 0.3) is 0 Å². The summed E-state index contributed by atoms with van der Waals surface area (Å²) in [6.07, 6.45) is 16.0. The monoisotopic (exact) mass is 552 g/mol. The van der Waals surface area contributed by atoms with E-state index < -0.39 is 18.5 Å². The molecule has 0 bridgehead atoms. The predicted molar refractivity (Wildman–Crippen MR) is 132 cm³/mol. The molecule has 0 heterocycles. The highest BCUT2D eigenvalue weighted by molar-refractivity contribution is 14.1. The zero-order valence-electron chi connectivity index (χ0n) is 19.3. The average Bonchev–Trinajstić information content (AvgIpc) is 2.79. The standard InChI is InChI=1S/C27H44F3I/c28-24-17-19(11-16-25(24)31)6-4-5-18-9-12-21(13-10-18)23-15-14-22(26(29)27(23)30)20-7-2-1-3-8-20/h18-27H,1-17H2/t18?,19?,21?,22?,23?,24?,25?,26?,27-/m0/s1. The van der Waals surface area contributed by atoms with Gasteiger partial charge < -0.3 is 0 Å². The lowest BCUT2D eigenvalue weighted by atomic mass is 9.64. The van der Waals surface area contributed by atoms with E-state index >= 15 is 8.78 Å². The van der Waals surface area contributed by atoms with Crippen LogP contribution in [0.15, 0.2) is 0 Å². The van der Waals surface area contributed by atoms with Crippen LogP contribution in [0, 0.1) is 35.5 Å². The van der Waals surface area contributed by atoms with E-state index in [9.17, 15) is 4.39 Å². The summed E-state index contributed by atoms with van der Waals surface area (Å²) in [5.74, 6) is 2.16. The zero-order valence-corrected chi connectivity index (χ0v) is 21.5. The second kappa shape index (κ2) is 11.8. The SMILES string of the molecule is FC1CC(CCCC2CCC(C3CCC(C4CCCCC4)C(F)[C@H]3F)CC2)CCC1I. The molecule has 4 fully saturated rings. The molecule has 0 nitrogen and oxygen atoms in total. The number of alkyl halides is 4. The number of hydrogen-bond donors (Lipinski definition) is 0. The molecule has 4 saturated carbocycles. The molecule has 0 aliphatic heterocycles. The Morgan fingerprint density at radius 2 is 1.13 bits per heavy atom. The number of halogens is 4. The topological polar surface area (TPSA) is 0 Å². The largest absolute Gasteiger partial charge is 0.246 e. The summed E-state index contributed by atoms with van der Waals surface area (Å²) >= 11 is 2.28. The van der Waals surface area contributed by atoms with Crippen molar-refractivity contribution in [2.24, 2.45) is 35.5 Å². The van der Waals surface area contributed by atoms with Crippen LogP contribution in [0.1, 0.15) is 109 Å². The Morgan fingerprint density at radius 1 is 0.581 bits per heavy atom. The molecule has 0 aromatic rings. The van der Waals surface area contributed by atoms with Crippen LogP contribution < -0.4 is 0 Å². The van der Waals surface area contributed by atoms with Crippen LogP contribution in [0.5, 0.6) is 0 Å². The smallest absolute Gasteiger partial charge is 0.134 e.